The number of nitrogens with zero attached hydrogens (tertiary/aromatic N) is 1. The summed E-state index contributed by atoms with van der Waals surface area (Å²) in [5.74, 6) is 0. The molecule has 1 unspecified atom stereocenters. The second kappa shape index (κ2) is 4.87. The van der Waals surface area contributed by atoms with E-state index in [1.54, 1.807) is 11.3 Å². The number of thiazole rings is 1. The predicted octanol–water partition coefficient (Wildman–Crippen LogP) is 0.972. The Hall–Kier alpha value is -0.450. The molecule has 0 saturated carbocycles. The van der Waals surface area contributed by atoms with Gasteiger partial charge in [0, 0.05) is 30.9 Å². The third kappa shape index (κ3) is 2.53. The van der Waals surface area contributed by atoms with Crippen molar-refractivity contribution in [2.45, 2.75) is 31.7 Å². The van der Waals surface area contributed by atoms with Crippen LogP contribution in [0.5, 0.6) is 0 Å². The molecule has 0 spiro atoms. The molecular formula is C10H16N2OS. The second-order valence-corrected chi connectivity index (χ2v) is 4.65. The van der Waals surface area contributed by atoms with Gasteiger partial charge < -0.3 is 10.4 Å². The SMILES string of the molecule is OCCc1csc(CC2CCCN2)n1. The van der Waals surface area contributed by atoms with Crippen molar-refractivity contribution in [2.24, 2.45) is 0 Å². The molecule has 1 fully saturated rings. The largest absolute Gasteiger partial charge is 0.396 e. The molecule has 0 bridgehead atoms. The van der Waals surface area contributed by atoms with Gasteiger partial charge >= 0.3 is 0 Å². The molecule has 14 heavy (non-hydrogen) atoms. The first-order valence-corrected chi connectivity index (χ1v) is 6.04. The lowest BCUT2D eigenvalue weighted by molar-refractivity contribution is 0.298. The number of hydrogen-bond acceptors (Lipinski definition) is 4. The van der Waals surface area contributed by atoms with Crippen molar-refractivity contribution in [3.8, 4) is 0 Å². The molecule has 78 valence electrons. The minimum atomic E-state index is 0.199. The maximum absolute atomic E-state index is 8.77. The molecule has 3 nitrogen and oxygen atoms in total. The Kier molecular flexibility index (Phi) is 3.50. The first-order chi connectivity index (χ1) is 6.88. The lowest BCUT2D eigenvalue weighted by Gasteiger charge is -2.06. The molecule has 0 radical (unpaired) electrons. The Morgan fingerprint density at radius 2 is 2.57 bits per heavy atom. The smallest absolute Gasteiger partial charge is 0.0943 e. The fraction of sp³-hybridized carbons (Fsp3) is 0.700. The summed E-state index contributed by atoms with van der Waals surface area (Å²) in [5.41, 5.74) is 1.03. The zero-order chi connectivity index (χ0) is 9.80. The summed E-state index contributed by atoms with van der Waals surface area (Å²) in [6.45, 7) is 1.35. The van der Waals surface area contributed by atoms with E-state index in [0.717, 1.165) is 18.7 Å². The minimum absolute atomic E-state index is 0.199. The molecule has 2 rings (SSSR count). The van der Waals surface area contributed by atoms with E-state index in [2.05, 4.69) is 15.7 Å². The highest BCUT2D eigenvalue weighted by molar-refractivity contribution is 7.09. The molecule has 2 heterocycles. The van der Waals surface area contributed by atoms with Gasteiger partial charge in [-0.15, -0.1) is 11.3 Å². The Morgan fingerprint density at radius 3 is 3.29 bits per heavy atom. The Balaban J connectivity index is 1.88. The quantitative estimate of drug-likeness (QED) is 0.782. The summed E-state index contributed by atoms with van der Waals surface area (Å²) in [5, 5.41) is 15.5. The average Bonchev–Trinajstić information content (AvgIpc) is 2.79. The zero-order valence-electron chi connectivity index (χ0n) is 8.20. The van der Waals surface area contributed by atoms with E-state index >= 15 is 0 Å². The van der Waals surface area contributed by atoms with Gasteiger partial charge in [0.05, 0.1) is 10.7 Å². The van der Waals surface area contributed by atoms with Crippen LogP contribution in [0.2, 0.25) is 0 Å². The molecule has 1 aromatic rings. The van der Waals surface area contributed by atoms with Crippen LogP contribution in [0.3, 0.4) is 0 Å². The second-order valence-electron chi connectivity index (χ2n) is 3.70. The van der Waals surface area contributed by atoms with Gasteiger partial charge in [0.25, 0.3) is 0 Å². The number of hydrogen-bond donors (Lipinski definition) is 2. The van der Waals surface area contributed by atoms with Crippen molar-refractivity contribution in [1.29, 1.82) is 0 Å². The van der Waals surface area contributed by atoms with Gasteiger partial charge in [-0.05, 0) is 19.4 Å². The van der Waals surface area contributed by atoms with Gasteiger partial charge in [-0.3, -0.25) is 0 Å². The van der Waals surface area contributed by atoms with Crippen LogP contribution in [0.4, 0.5) is 0 Å². The number of aliphatic hydroxyl groups excluding tert-OH is 1. The molecular weight excluding hydrogens is 196 g/mol. The Morgan fingerprint density at radius 1 is 1.64 bits per heavy atom. The predicted molar refractivity (Wildman–Crippen MR) is 57.6 cm³/mol. The summed E-state index contributed by atoms with van der Waals surface area (Å²) in [7, 11) is 0. The summed E-state index contributed by atoms with van der Waals surface area (Å²) >= 11 is 1.71. The van der Waals surface area contributed by atoms with Gasteiger partial charge in [0.1, 0.15) is 0 Å². The molecule has 4 heteroatoms. The van der Waals surface area contributed by atoms with Crippen LogP contribution in [0, 0.1) is 0 Å². The molecule has 1 atom stereocenters. The van der Waals surface area contributed by atoms with E-state index < -0.39 is 0 Å². The summed E-state index contributed by atoms with van der Waals surface area (Å²) in [6.07, 6.45) is 4.30. The van der Waals surface area contributed by atoms with E-state index in [4.69, 9.17) is 5.11 Å². The highest BCUT2D eigenvalue weighted by Gasteiger charge is 2.15. The van der Waals surface area contributed by atoms with Gasteiger partial charge in [-0.25, -0.2) is 4.98 Å². The van der Waals surface area contributed by atoms with E-state index in [0.29, 0.717) is 12.5 Å². The standard InChI is InChI=1S/C10H16N2OS/c13-5-3-9-7-14-10(12-9)6-8-2-1-4-11-8/h7-8,11,13H,1-6H2. The van der Waals surface area contributed by atoms with Crippen LogP contribution in [0.1, 0.15) is 23.5 Å². The summed E-state index contributed by atoms with van der Waals surface area (Å²) in [4.78, 5) is 4.48. The van der Waals surface area contributed by atoms with Crippen LogP contribution >= 0.6 is 11.3 Å². The van der Waals surface area contributed by atoms with Crippen molar-refractivity contribution >= 4 is 11.3 Å². The number of rotatable bonds is 4. The topological polar surface area (TPSA) is 45.1 Å². The number of aliphatic hydroxyl groups is 1. The molecule has 1 aliphatic heterocycles. The normalized spacial score (nSPS) is 21.6. The van der Waals surface area contributed by atoms with Gasteiger partial charge in [-0.2, -0.15) is 0 Å². The lowest BCUT2D eigenvalue weighted by atomic mass is 10.2. The zero-order valence-corrected chi connectivity index (χ0v) is 9.02. The van der Waals surface area contributed by atoms with E-state index in [-0.39, 0.29) is 6.61 Å². The minimum Gasteiger partial charge on any atom is -0.396 e. The van der Waals surface area contributed by atoms with Crippen molar-refractivity contribution in [2.75, 3.05) is 13.2 Å². The fourth-order valence-corrected chi connectivity index (χ4v) is 2.72. The van der Waals surface area contributed by atoms with E-state index in [9.17, 15) is 0 Å². The summed E-state index contributed by atoms with van der Waals surface area (Å²) in [6, 6.07) is 0.628. The average molecular weight is 212 g/mol. The van der Waals surface area contributed by atoms with Gasteiger partial charge in [0.2, 0.25) is 0 Å². The number of nitrogens with one attached hydrogen (secondary N) is 1. The maximum atomic E-state index is 8.77. The first-order valence-electron chi connectivity index (χ1n) is 5.16. The van der Waals surface area contributed by atoms with Crippen molar-refractivity contribution in [3.05, 3.63) is 16.1 Å². The monoisotopic (exact) mass is 212 g/mol. The maximum Gasteiger partial charge on any atom is 0.0943 e. The highest BCUT2D eigenvalue weighted by atomic mass is 32.1. The molecule has 0 aromatic carbocycles. The van der Waals surface area contributed by atoms with E-state index in [1.807, 2.05) is 0 Å². The van der Waals surface area contributed by atoms with Crippen LogP contribution in [-0.2, 0) is 12.8 Å². The molecule has 0 amide bonds. The summed E-state index contributed by atoms with van der Waals surface area (Å²) < 4.78 is 0. The van der Waals surface area contributed by atoms with Gasteiger partial charge in [0.15, 0.2) is 0 Å². The molecule has 1 aliphatic rings. The molecule has 1 aromatic heterocycles. The van der Waals surface area contributed by atoms with Crippen LogP contribution in [0.25, 0.3) is 0 Å². The Bertz CT molecular complexity index is 281. The van der Waals surface area contributed by atoms with E-state index in [1.165, 1.54) is 17.8 Å². The first kappa shape index (κ1) is 10.1. The lowest BCUT2D eigenvalue weighted by Crippen LogP contribution is -2.23. The van der Waals surface area contributed by atoms with Crippen molar-refractivity contribution in [3.63, 3.8) is 0 Å². The van der Waals surface area contributed by atoms with Crippen LogP contribution in [0.15, 0.2) is 5.38 Å². The molecule has 1 saturated heterocycles. The third-order valence-electron chi connectivity index (χ3n) is 2.55. The third-order valence-corrected chi connectivity index (χ3v) is 3.47. The van der Waals surface area contributed by atoms with Crippen LogP contribution in [-0.4, -0.2) is 29.3 Å². The molecule has 2 N–H and O–H groups in total. The van der Waals surface area contributed by atoms with Crippen molar-refractivity contribution < 1.29 is 5.11 Å². The van der Waals surface area contributed by atoms with Gasteiger partial charge in [-0.1, -0.05) is 0 Å². The fourth-order valence-electron chi connectivity index (χ4n) is 1.81. The van der Waals surface area contributed by atoms with Crippen molar-refractivity contribution in [1.82, 2.24) is 10.3 Å². The molecule has 0 aliphatic carbocycles. The van der Waals surface area contributed by atoms with Crippen LogP contribution < -0.4 is 5.32 Å². The highest BCUT2D eigenvalue weighted by Crippen LogP contribution is 2.16. The number of aromatic nitrogens is 1. The Labute approximate surface area is 88.2 Å².